The third-order valence-electron chi connectivity index (χ3n) is 2.70. The second-order valence-electron chi connectivity index (χ2n) is 5.63. The number of benzene rings is 1. The van der Waals surface area contributed by atoms with Crippen LogP contribution in [0.3, 0.4) is 0 Å². The Bertz CT molecular complexity index is 332. The van der Waals surface area contributed by atoms with Crippen molar-refractivity contribution in [2.75, 3.05) is 14.1 Å². The minimum Gasteiger partial charge on any atom is -0.305 e. The Morgan fingerprint density at radius 2 is 1.73 bits per heavy atom. The van der Waals surface area contributed by atoms with E-state index in [1.807, 2.05) is 0 Å². The van der Waals surface area contributed by atoms with Crippen molar-refractivity contribution in [2.45, 2.75) is 39.7 Å². The predicted molar refractivity (Wildman–Crippen MR) is 67.3 cm³/mol. The summed E-state index contributed by atoms with van der Waals surface area (Å²) in [5.74, 6) is 0. The number of nitrogens with zero attached hydrogens (tertiary/aromatic N) is 1. The topological polar surface area (TPSA) is 3.24 Å². The molecule has 0 N–H and O–H groups in total. The Morgan fingerprint density at radius 3 is 2.20 bits per heavy atom. The van der Waals surface area contributed by atoms with Crippen LogP contribution in [0.15, 0.2) is 18.2 Å². The van der Waals surface area contributed by atoms with Crippen molar-refractivity contribution in [1.29, 1.82) is 0 Å². The molecule has 0 amide bonds. The highest BCUT2D eigenvalue weighted by molar-refractivity contribution is 5.34. The van der Waals surface area contributed by atoms with Crippen molar-refractivity contribution < 1.29 is 0 Å². The van der Waals surface area contributed by atoms with E-state index in [4.69, 9.17) is 0 Å². The van der Waals surface area contributed by atoms with E-state index in [1.165, 1.54) is 16.7 Å². The summed E-state index contributed by atoms with van der Waals surface area (Å²) >= 11 is 0. The molecule has 1 heteroatoms. The Kier molecular flexibility index (Phi) is 3.56. The Labute approximate surface area is 94.1 Å². The van der Waals surface area contributed by atoms with Crippen LogP contribution < -0.4 is 0 Å². The van der Waals surface area contributed by atoms with Crippen LogP contribution in [0.1, 0.15) is 37.5 Å². The van der Waals surface area contributed by atoms with Crippen LogP contribution in [-0.4, -0.2) is 19.0 Å². The summed E-state index contributed by atoms with van der Waals surface area (Å²) in [7, 11) is 4.23. The molecule has 0 spiro atoms. The lowest BCUT2D eigenvalue weighted by Gasteiger charge is -2.22. The molecule has 0 saturated carbocycles. The fraction of sp³-hybridized carbons (Fsp3) is 0.571. The fourth-order valence-electron chi connectivity index (χ4n) is 1.65. The second kappa shape index (κ2) is 4.36. The van der Waals surface area contributed by atoms with Crippen LogP contribution in [0.2, 0.25) is 0 Å². The van der Waals surface area contributed by atoms with Gasteiger partial charge in [0.1, 0.15) is 0 Å². The first kappa shape index (κ1) is 12.3. The first-order valence-electron chi connectivity index (χ1n) is 5.55. The normalized spacial score (nSPS) is 12.2. The molecule has 0 saturated heterocycles. The van der Waals surface area contributed by atoms with Gasteiger partial charge >= 0.3 is 0 Å². The molecule has 0 aliphatic heterocycles. The molecule has 0 fully saturated rings. The van der Waals surface area contributed by atoms with Gasteiger partial charge in [-0.1, -0.05) is 39.0 Å². The quantitative estimate of drug-likeness (QED) is 0.715. The van der Waals surface area contributed by atoms with E-state index in [9.17, 15) is 0 Å². The monoisotopic (exact) mass is 205 g/mol. The first-order valence-corrected chi connectivity index (χ1v) is 5.55. The van der Waals surface area contributed by atoms with E-state index in [0.29, 0.717) is 0 Å². The molecular formula is C14H23N. The van der Waals surface area contributed by atoms with E-state index in [-0.39, 0.29) is 5.41 Å². The molecule has 0 aliphatic rings. The molecule has 1 aromatic carbocycles. The molecule has 0 unspecified atom stereocenters. The highest BCUT2D eigenvalue weighted by atomic mass is 15.0. The van der Waals surface area contributed by atoms with E-state index >= 15 is 0 Å². The van der Waals surface area contributed by atoms with Crippen LogP contribution in [0.25, 0.3) is 0 Å². The molecule has 0 aromatic heterocycles. The Hall–Kier alpha value is -0.820. The molecule has 0 atom stereocenters. The van der Waals surface area contributed by atoms with Gasteiger partial charge in [-0.15, -0.1) is 0 Å². The van der Waals surface area contributed by atoms with Crippen LogP contribution >= 0.6 is 0 Å². The van der Waals surface area contributed by atoms with Gasteiger partial charge in [0.2, 0.25) is 0 Å². The van der Waals surface area contributed by atoms with Gasteiger partial charge in [-0.25, -0.2) is 0 Å². The summed E-state index contributed by atoms with van der Waals surface area (Å²) in [4.78, 5) is 2.22. The van der Waals surface area contributed by atoms with Crippen molar-refractivity contribution in [2.24, 2.45) is 0 Å². The lowest BCUT2D eigenvalue weighted by atomic mass is 9.85. The summed E-state index contributed by atoms with van der Waals surface area (Å²) in [6.45, 7) is 9.99. The van der Waals surface area contributed by atoms with Gasteiger partial charge < -0.3 is 4.90 Å². The minimum atomic E-state index is 0.245. The molecule has 0 heterocycles. The zero-order valence-corrected chi connectivity index (χ0v) is 10.9. The maximum atomic E-state index is 2.34. The van der Waals surface area contributed by atoms with Crippen LogP contribution in [0.5, 0.6) is 0 Å². The minimum absolute atomic E-state index is 0.245. The predicted octanol–water partition coefficient (Wildman–Crippen LogP) is 3.35. The lowest BCUT2D eigenvalue weighted by Crippen LogP contribution is -2.15. The van der Waals surface area contributed by atoms with Gasteiger partial charge in [0.05, 0.1) is 0 Å². The smallest absolute Gasteiger partial charge is 0.0230 e. The molecule has 15 heavy (non-hydrogen) atoms. The van der Waals surface area contributed by atoms with E-state index in [0.717, 1.165) is 6.54 Å². The number of aryl methyl sites for hydroxylation is 1. The van der Waals surface area contributed by atoms with E-state index < -0.39 is 0 Å². The first-order chi connectivity index (χ1) is 6.80. The van der Waals surface area contributed by atoms with E-state index in [2.05, 4.69) is 64.9 Å². The Balaban J connectivity index is 3.06. The molecule has 84 valence electrons. The Morgan fingerprint density at radius 1 is 1.13 bits per heavy atom. The molecule has 0 aliphatic carbocycles. The summed E-state index contributed by atoms with van der Waals surface area (Å²) in [6.07, 6.45) is 0. The van der Waals surface area contributed by atoms with Crippen LogP contribution in [0, 0.1) is 6.92 Å². The van der Waals surface area contributed by atoms with Crippen molar-refractivity contribution >= 4 is 0 Å². The van der Waals surface area contributed by atoms with Gasteiger partial charge in [0, 0.05) is 6.54 Å². The third-order valence-corrected chi connectivity index (χ3v) is 2.70. The highest BCUT2D eigenvalue weighted by Gasteiger charge is 2.14. The zero-order valence-electron chi connectivity index (χ0n) is 10.9. The van der Waals surface area contributed by atoms with Crippen molar-refractivity contribution in [3.63, 3.8) is 0 Å². The van der Waals surface area contributed by atoms with Gasteiger partial charge in [-0.05, 0) is 43.1 Å². The third kappa shape index (κ3) is 3.35. The molecular weight excluding hydrogens is 182 g/mol. The SMILES string of the molecule is Cc1ccc(C(C)(C)C)cc1CN(C)C. The summed E-state index contributed by atoms with van der Waals surface area (Å²) < 4.78 is 0. The van der Waals surface area contributed by atoms with Crippen molar-refractivity contribution in [3.8, 4) is 0 Å². The summed E-state index contributed by atoms with van der Waals surface area (Å²) in [5.41, 5.74) is 4.49. The average molecular weight is 205 g/mol. The van der Waals surface area contributed by atoms with Gasteiger partial charge in [0.15, 0.2) is 0 Å². The lowest BCUT2D eigenvalue weighted by molar-refractivity contribution is 0.401. The van der Waals surface area contributed by atoms with Crippen LogP contribution in [0.4, 0.5) is 0 Å². The molecule has 0 bridgehead atoms. The maximum Gasteiger partial charge on any atom is 0.0230 e. The van der Waals surface area contributed by atoms with Gasteiger partial charge in [-0.2, -0.15) is 0 Å². The van der Waals surface area contributed by atoms with Crippen LogP contribution in [-0.2, 0) is 12.0 Å². The second-order valence-corrected chi connectivity index (χ2v) is 5.63. The summed E-state index contributed by atoms with van der Waals surface area (Å²) in [6, 6.07) is 6.82. The van der Waals surface area contributed by atoms with Gasteiger partial charge in [-0.3, -0.25) is 0 Å². The van der Waals surface area contributed by atoms with Crippen molar-refractivity contribution in [3.05, 3.63) is 34.9 Å². The van der Waals surface area contributed by atoms with Crippen molar-refractivity contribution in [1.82, 2.24) is 4.90 Å². The average Bonchev–Trinajstić information content (AvgIpc) is 2.06. The number of rotatable bonds is 2. The largest absolute Gasteiger partial charge is 0.305 e. The molecule has 1 aromatic rings. The highest BCUT2D eigenvalue weighted by Crippen LogP contribution is 2.24. The number of hydrogen-bond acceptors (Lipinski definition) is 1. The maximum absolute atomic E-state index is 2.34. The molecule has 1 rings (SSSR count). The fourth-order valence-corrected chi connectivity index (χ4v) is 1.65. The standard InChI is InChI=1S/C14H23N/c1-11-7-8-13(14(2,3)4)9-12(11)10-15(5)6/h7-9H,10H2,1-6H3. The molecule has 1 nitrogen and oxygen atoms in total. The molecule has 0 radical (unpaired) electrons. The van der Waals surface area contributed by atoms with Gasteiger partial charge in [0.25, 0.3) is 0 Å². The summed E-state index contributed by atoms with van der Waals surface area (Å²) in [5, 5.41) is 0. The van der Waals surface area contributed by atoms with E-state index in [1.54, 1.807) is 0 Å². The number of hydrogen-bond donors (Lipinski definition) is 0. The zero-order chi connectivity index (χ0) is 11.6.